The molecule has 0 amide bonds. The summed E-state index contributed by atoms with van der Waals surface area (Å²) in [5, 5.41) is 3.21. The molecule has 1 aliphatic carbocycles. The van der Waals surface area contributed by atoms with Gasteiger partial charge in [-0.15, -0.1) is 0 Å². The van der Waals surface area contributed by atoms with Gasteiger partial charge in [0, 0.05) is 17.7 Å². The zero-order chi connectivity index (χ0) is 13.1. The molecule has 3 heteroatoms. The summed E-state index contributed by atoms with van der Waals surface area (Å²) in [6.07, 6.45) is 4.70. The van der Waals surface area contributed by atoms with E-state index in [1.165, 1.54) is 18.9 Å². The molecule has 1 aromatic rings. The van der Waals surface area contributed by atoms with Crippen molar-refractivity contribution in [1.82, 2.24) is 5.32 Å². The largest absolute Gasteiger partial charge is 0.313 e. The smallest absolute Gasteiger partial charge is 0.130 e. The van der Waals surface area contributed by atoms with Crippen molar-refractivity contribution in [2.24, 2.45) is 11.8 Å². The van der Waals surface area contributed by atoms with E-state index in [1.807, 2.05) is 7.05 Å². The average molecular weight is 253 g/mol. The van der Waals surface area contributed by atoms with Crippen LogP contribution in [-0.4, -0.2) is 7.05 Å². The standard InChI is InChI=1S/C15H21F2N/c1-10-4-3-5-11(8-10)15(18-2)13-7-6-12(16)9-14(13)17/h6-7,9-11,15,18H,3-5,8H2,1-2H3. The summed E-state index contributed by atoms with van der Waals surface area (Å²) in [7, 11) is 1.85. The summed E-state index contributed by atoms with van der Waals surface area (Å²) in [5.41, 5.74) is 0.595. The van der Waals surface area contributed by atoms with Crippen molar-refractivity contribution in [2.45, 2.75) is 38.6 Å². The average Bonchev–Trinajstić information content (AvgIpc) is 2.33. The second-order valence-electron chi connectivity index (χ2n) is 5.46. The molecule has 0 aliphatic heterocycles. The molecule has 1 aliphatic rings. The highest BCUT2D eigenvalue weighted by Gasteiger charge is 2.28. The maximum atomic E-state index is 13.9. The second kappa shape index (κ2) is 5.79. The minimum atomic E-state index is -0.511. The highest BCUT2D eigenvalue weighted by molar-refractivity contribution is 5.23. The third-order valence-electron chi connectivity index (χ3n) is 4.06. The van der Waals surface area contributed by atoms with Crippen LogP contribution in [0, 0.1) is 23.5 Å². The van der Waals surface area contributed by atoms with Gasteiger partial charge in [-0.1, -0.05) is 25.8 Å². The molecule has 2 rings (SSSR count). The molecular weight excluding hydrogens is 232 g/mol. The molecule has 0 aromatic heterocycles. The Labute approximate surface area is 108 Å². The van der Waals surface area contributed by atoms with E-state index in [4.69, 9.17) is 0 Å². The van der Waals surface area contributed by atoms with Crippen LogP contribution in [0.2, 0.25) is 0 Å². The minimum Gasteiger partial charge on any atom is -0.313 e. The molecule has 3 atom stereocenters. The summed E-state index contributed by atoms with van der Waals surface area (Å²) in [6.45, 7) is 2.25. The number of hydrogen-bond donors (Lipinski definition) is 1. The van der Waals surface area contributed by atoms with Gasteiger partial charge < -0.3 is 5.32 Å². The summed E-state index contributed by atoms with van der Waals surface area (Å²) in [6, 6.07) is 3.89. The Hall–Kier alpha value is -0.960. The van der Waals surface area contributed by atoms with Gasteiger partial charge in [0.25, 0.3) is 0 Å². The SMILES string of the molecule is CNC(c1ccc(F)cc1F)C1CCCC(C)C1. The molecule has 0 heterocycles. The van der Waals surface area contributed by atoms with Gasteiger partial charge in [0.15, 0.2) is 0 Å². The number of benzene rings is 1. The van der Waals surface area contributed by atoms with Crippen molar-refractivity contribution < 1.29 is 8.78 Å². The van der Waals surface area contributed by atoms with Crippen molar-refractivity contribution in [3.63, 3.8) is 0 Å². The van der Waals surface area contributed by atoms with Crippen LogP contribution in [-0.2, 0) is 0 Å². The van der Waals surface area contributed by atoms with Crippen molar-refractivity contribution in [3.8, 4) is 0 Å². The van der Waals surface area contributed by atoms with E-state index in [-0.39, 0.29) is 6.04 Å². The van der Waals surface area contributed by atoms with Gasteiger partial charge in [0.1, 0.15) is 11.6 Å². The van der Waals surface area contributed by atoms with Crippen LogP contribution < -0.4 is 5.32 Å². The monoisotopic (exact) mass is 253 g/mol. The van der Waals surface area contributed by atoms with E-state index >= 15 is 0 Å². The number of hydrogen-bond acceptors (Lipinski definition) is 1. The fourth-order valence-electron chi connectivity index (χ4n) is 3.18. The van der Waals surface area contributed by atoms with Crippen molar-refractivity contribution in [3.05, 3.63) is 35.4 Å². The van der Waals surface area contributed by atoms with Gasteiger partial charge in [-0.25, -0.2) is 8.78 Å². The van der Waals surface area contributed by atoms with Crippen molar-refractivity contribution in [2.75, 3.05) is 7.05 Å². The maximum absolute atomic E-state index is 13.9. The first kappa shape index (κ1) is 13.5. The summed E-state index contributed by atoms with van der Waals surface area (Å²) < 4.78 is 26.8. The normalized spacial score (nSPS) is 26.0. The lowest BCUT2D eigenvalue weighted by molar-refractivity contribution is 0.227. The van der Waals surface area contributed by atoms with Gasteiger partial charge in [-0.2, -0.15) is 0 Å². The molecule has 1 N–H and O–H groups in total. The van der Waals surface area contributed by atoms with Crippen LogP contribution >= 0.6 is 0 Å². The Morgan fingerprint density at radius 3 is 2.67 bits per heavy atom. The first-order valence-corrected chi connectivity index (χ1v) is 6.74. The molecule has 100 valence electrons. The number of halogens is 2. The van der Waals surface area contributed by atoms with Crippen LogP contribution in [0.3, 0.4) is 0 Å². The Bertz CT molecular complexity index is 405. The molecule has 0 spiro atoms. The van der Waals surface area contributed by atoms with Gasteiger partial charge >= 0.3 is 0 Å². The van der Waals surface area contributed by atoms with E-state index < -0.39 is 11.6 Å². The van der Waals surface area contributed by atoms with E-state index in [0.29, 0.717) is 17.4 Å². The third kappa shape index (κ3) is 2.89. The Morgan fingerprint density at radius 2 is 2.06 bits per heavy atom. The van der Waals surface area contributed by atoms with E-state index in [1.54, 1.807) is 6.07 Å². The molecule has 1 saturated carbocycles. The molecule has 0 radical (unpaired) electrons. The predicted molar refractivity (Wildman–Crippen MR) is 69.3 cm³/mol. The second-order valence-corrected chi connectivity index (χ2v) is 5.46. The fourth-order valence-corrected chi connectivity index (χ4v) is 3.18. The van der Waals surface area contributed by atoms with Crippen molar-refractivity contribution >= 4 is 0 Å². The highest BCUT2D eigenvalue weighted by atomic mass is 19.1. The molecule has 3 unspecified atom stereocenters. The van der Waals surface area contributed by atoms with Gasteiger partial charge in [0.2, 0.25) is 0 Å². The molecule has 18 heavy (non-hydrogen) atoms. The lowest BCUT2D eigenvalue weighted by Crippen LogP contribution is -2.29. The summed E-state index contributed by atoms with van der Waals surface area (Å²) >= 11 is 0. The fraction of sp³-hybridized carbons (Fsp3) is 0.600. The predicted octanol–water partition coefficient (Wildman–Crippen LogP) is 4.05. The Balaban J connectivity index is 2.21. The van der Waals surface area contributed by atoms with Crippen LogP contribution in [0.4, 0.5) is 8.78 Å². The molecule has 0 bridgehead atoms. The molecular formula is C15H21F2N. The van der Waals surface area contributed by atoms with E-state index in [9.17, 15) is 8.78 Å². The van der Waals surface area contributed by atoms with Crippen LogP contribution in [0.15, 0.2) is 18.2 Å². The van der Waals surface area contributed by atoms with E-state index in [0.717, 1.165) is 18.9 Å². The van der Waals surface area contributed by atoms with Gasteiger partial charge in [-0.3, -0.25) is 0 Å². The molecule has 1 fully saturated rings. The lowest BCUT2D eigenvalue weighted by Gasteiger charge is -2.33. The van der Waals surface area contributed by atoms with Gasteiger partial charge in [0.05, 0.1) is 0 Å². The quantitative estimate of drug-likeness (QED) is 0.857. The first-order valence-electron chi connectivity index (χ1n) is 6.74. The lowest BCUT2D eigenvalue weighted by atomic mass is 9.76. The Morgan fingerprint density at radius 1 is 1.28 bits per heavy atom. The zero-order valence-corrected chi connectivity index (χ0v) is 11.0. The molecule has 1 aromatic carbocycles. The minimum absolute atomic E-state index is 0.00616. The Kier molecular flexibility index (Phi) is 4.33. The van der Waals surface area contributed by atoms with E-state index in [2.05, 4.69) is 12.2 Å². The third-order valence-corrected chi connectivity index (χ3v) is 4.06. The summed E-state index contributed by atoms with van der Waals surface area (Å²) in [4.78, 5) is 0. The molecule has 0 saturated heterocycles. The number of nitrogens with one attached hydrogen (secondary N) is 1. The molecule has 1 nitrogen and oxygen atoms in total. The highest BCUT2D eigenvalue weighted by Crippen LogP contribution is 2.37. The topological polar surface area (TPSA) is 12.0 Å². The van der Waals surface area contributed by atoms with Gasteiger partial charge in [-0.05, 0) is 37.8 Å². The number of rotatable bonds is 3. The van der Waals surface area contributed by atoms with Crippen molar-refractivity contribution in [1.29, 1.82) is 0 Å². The van der Waals surface area contributed by atoms with Crippen LogP contribution in [0.25, 0.3) is 0 Å². The zero-order valence-electron chi connectivity index (χ0n) is 11.0. The van der Waals surface area contributed by atoms with Crippen LogP contribution in [0.1, 0.15) is 44.2 Å². The first-order chi connectivity index (χ1) is 8.61. The van der Waals surface area contributed by atoms with Crippen LogP contribution in [0.5, 0.6) is 0 Å². The maximum Gasteiger partial charge on any atom is 0.130 e. The summed E-state index contributed by atoms with van der Waals surface area (Å²) in [5.74, 6) is 0.192.